The van der Waals surface area contributed by atoms with Crippen LogP contribution in [0.4, 0.5) is 0 Å². The Morgan fingerprint density at radius 2 is 1.68 bits per heavy atom. The molecule has 2 amide bonds. The van der Waals surface area contributed by atoms with Crippen molar-refractivity contribution < 1.29 is 14.3 Å². The quantitative estimate of drug-likeness (QED) is 0.719. The van der Waals surface area contributed by atoms with Gasteiger partial charge in [0.15, 0.2) is 6.61 Å². The number of nitrogens with zero attached hydrogens (tertiary/aromatic N) is 1. The summed E-state index contributed by atoms with van der Waals surface area (Å²) in [5, 5.41) is 2.66. The van der Waals surface area contributed by atoms with E-state index in [1.54, 1.807) is 11.9 Å². The van der Waals surface area contributed by atoms with Crippen molar-refractivity contribution in [1.29, 1.82) is 0 Å². The Kier molecular flexibility index (Phi) is 8.05. The molecule has 0 unspecified atom stereocenters. The Bertz CT molecular complexity index is 774. The molecule has 150 valence electrons. The van der Waals surface area contributed by atoms with E-state index in [0.29, 0.717) is 24.6 Å². The third-order valence-corrected chi connectivity index (χ3v) is 4.72. The third-order valence-electron chi connectivity index (χ3n) is 4.72. The van der Waals surface area contributed by atoms with E-state index in [2.05, 4.69) is 19.2 Å². The predicted octanol–water partition coefficient (Wildman–Crippen LogP) is 3.74. The zero-order valence-corrected chi connectivity index (χ0v) is 17.1. The van der Waals surface area contributed by atoms with Crippen molar-refractivity contribution in [3.05, 3.63) is 65.7 Å². The smallest absolute Gasteiger partial charge is 0.261 e. The number of carbonyl (C=O) groups excluding carboxylic acids is 2. The molecule has 0 bridgehead atoms. The Morgan fingerprint density at radius 3 is 2.29 bits per heavy atom. The topological polar surface area (TPSA) is 58.6 Å². The lowest BCUT2D eigenvalue weighted by Crippen LogP contribution is -2.49. The molecule has 5 nitrogen and oxygen atoms in total. The number of hydrogen-bond donors (Lipinski definition) is 1. The molecule has 28 heavy (non-hydrogen) atoms. The number of hydrogen-bond acceptors (Lipinski definition) is 3. The van der Waals surface area contributed by atoms with Gasteiger partial charge < -0.3 is 15.0 Å². The number of carbonyl (C=O) groups is 2. The molecule has 5 heteroatoms. The van der Waals surface area contributed by atoms with Crippen LogP contribution < -0.4 is 10.1 Å². The lowest BCUT2D eigenvalue weighted by molar-refractivity contribution is -0.142. The SMILES string of the molecule is CC[C@@H](C(=O)NC)N(Cc1ccccc1)C(=O)COc1ccccc1C(C)C. The van der Waals surface area contributed by atoms with Gasteiger partial charge in [-0.15, -0.1) is 0 Å². The number of likely N-dealkylation sites (N-methyl/N-ethyl adjacent to an activating group) is 1. The minimum absolute atomic E-state index is 0.107. The Labute approximate surface area is 167 Å². The highest BCUT2D eigenvalue weighted by Crippen LogP contribution is 2.26. The molecular weight excluding hydrogens is 352 g/mol. The fourth-order valence-electron chi connectivity index (χ4n) is 3.18. The van der Waals surface area contributed by atoms with Crippen LogP contribution in [0, 0.1) is 0 Å². The van der Waals surface area contributed by atoms with E-state index >= 15 is 0 Å². The standard InChI is InChI=1S/C23H30N2O3/c1-5-20(23(27)24-4)25(15-18-11-7-6-8-12-18)22(26)16-28-21-14-10-9-13-19(21)17(2)3/h6-14,17,20H,5,15-16H2,1-4H3,(H,24,27)/t20-/m0/s1. The zero-order chi connectivity index (χ0) is 20.5. The molecule has 1 N–H and O–H groups in total. The van der Waals surface area contributed by atoms with E-state index in [9.17, 15) is 9.59 Å². The van der Waals surface area contributed by atoms with Gasteiger partial charge in [-0.3, -0.25) is 9.59 Å². The molecule has 0 aromatic heterocycles. The Hall–Kier alpha value is -2.82. The van der Waals surface area contributed by atoms with Gasteiger partial charge in [0.25, 0.3) is 5.91 Å². The summed E-state index contributed by atoms with van der Waals surface area (Å²) in [6.07, 6.45) is 0.529. The van der Waals surface area contributed by atoms with E-state index in [0.717, 1.165) is 11.1 Å². The fraction of sp³-hybridized carbons (Fsp3) is 0.391. The first kappa shape index (κ1) is 21.5. The molecule has 0 heterocycles. The molecule has 0 fully saturated rings. The number of rotatable bonds is 9. The van der Waals surface area contributed by atoms with Crippen molar-refractivity contribution in [3.63, 3.8) is 0 Å². The summed E-state index contributed by atoms with van der Waals surface area (Å²) in [5.74, 6) is 0.617. The van der Waals surface area contributed by atoms with Crippen molar-refractivity contribution in [2.45, 2.75) is 45.7 Å². The third kappa shape index (κ3) is 5.59. The first-order valence-corrected chi connectivity index (χ1v) is 9.74. The number of nitrogens with one attached hydrogen (secondary N) is 1. The summed E-state index contributed by atoms with van der Waals surface area (Å²) in [6, 6.07) is 16.9. The van der Waals surface area contributed by atoms with Crippen LogP contribution in [0.3, 0.4) is 0 Å². The Morgan fingerprint density at radius 1 is 1.04 bits per heavy atom. The van der Waals surface area contributed by atoms with E-state index < -0.39 is 6.04 Å². The molecule has 2 aromatic rings. The highest BCUT2D eigenvalue weighted by Gasteiger charge is 2.28. The highest BCUT2D eigenvalue weighted by atomic mass is 16.5. The van der Waals surface area contributed by atoms with Crippen molar-refractivity contribution >= 4 is 11.8 Å². The van der Waals surface area contributed by atoms with Gasteiger partial charge in [-0.05, 0) is 29.5 Å². The molecule has 0 radical (unpaired) electrons. The Balaban J connectivity index is 2.20. The average Bonchev–Trinajstić information content (AvgIpc) is 2.72. The van der Waals surface area contributed by atoms with E-state index in [1.165, 1.54) is 0 Å². The second-order valence-electron chi connectivity index (χ2n) is 7.03. The number of amides is 2. The van der Waals surface area contributed by atoms with Crippen molar-refractivity contribution in [2.24, 2.45) is 0 Å². The van der Waals surface area contributed by atoms with Gasteiger partial charge in [0.1, 0.15) is 11.8 Å². The monoisotopic (exact) mass is 382 g/mol. The van der Waals surface area contributed by atoms with Crippen LogP contribution in [-0.2, 0) is 16.1 Å². The summed E-state index contributed by atoms with van der Waals surface area (Å²) >= 11 is 0. The second-order valence-corrected chi connectivity index (χ2v) is 7.03. The first-order chi connectivity index (χ1) is 13.5. The van der Waals surface area contributed by atoms with Crippen LogP contribution in [0.1, 0.15) is 44.2 Å². The van der Waals surface area contributed by atoms with Crippen LogP contribution in [0.25, 0.3) is 0 Å². The second kappa shape index (κ2) is 10.5. The van der Waals surface area contributed by atoms with E-state index in [-0.39, 0.29) is 18.4 Å². The molecule has 0 aliphatic rings. The summed E-state index contributed by atoms with van der Waals surface area (Å²) in [4.78, 5) is 27.0. The van der Waals surface area contributed by atoms with Crippen LogP contribution in [-0.4, -0.2) is 36.4 Å². The summed E-state index contributed by atoms with van der Waals surface area (Å²) in [6.45, 7) is 6.33. The lowest BCUT2D eigenvalue weighted by atomic mass is 10.0. The highest BCUT2D eigenvalue weighted by molar-refractivity contribution is 5.88. The van der Waals surface area contributed by atoms with E-state index in [4.69, 9.17) is 4.74 Å². The summed E-state index contributed by atoms with van der Waals surface area (Å²) in [7, 11) is 1.59. The summed E-state index contributed by atoms with van der Waals surface area (Å²) in [5.41, 5.74) is 2.03. The van der Waals surface area contributed by atoms with Gasteiger partial charge >= 0.3 is 0 Å². The minimum Gasteiger partial charge on any atom is -0.483 e. The normalized spacial score (nSPS) is 11.8. The van der Waals surface area contributed by atoms with Gasteiger partial charge in [0.2, 0.25) is 5.91 Å². The van der Waals surface area contributed by atoms with Crippen molar-refractivity contribution in [3.8, 4) is 5.75 Å². The van der Waals surface area contributed by atoms with Crippen molar-refractivity contribution in [1.82, 2.24) is 10.2 Å². The van der Waals surface area contributed by atoms with Crippen LogP contribution in [0.2, 0.25) is 0 Å². The van der Waals surface area contributed by atoms with Crippen LogP contribution >= 0.6 is 0 Å². The number of benzene rings is 2. The van der Waals surface area contributed by atoms with Gasteiger partial charge in [-0.2, -0.15) is 0 Å². The summed E-state index contributed by atoms with van der Waals surface area (Å²) < 4.78 is 5.86. The molecule has 0 saturated heterocycles. The van der Waals surface area contributed by atoms with Gasteiger partial charge in [-0.25, -0.2) is 0 Å². The van der Waals surface area contributed by atoms with Crippen molar-refractivity contribution in [2.75, 3.05) is 13.7 Å². The number of ether oxygens (including phenoxy) is 1. The fourth-order valence-corrected chi connectivity index (χ4v) is 3.18. The van der Waals surface area contributed by atoms with E-state index in [1.807, 2.05) is 61.5 Å². The average molecular weight is 383 g/mol. The van der Waals surface area contributed by atoms with Crippen LogP contribution in [0.5, 0.6) is 5.75 Å². The first-order valence-electron chi connectivity index (χ1n) is 9.74. The van der Waals surface area contributed by atoms with Crippen LogP contribution in [0.15, 0.2) is 54.6 Å². The maximum atomic E-state index is 13.0. The maximum Gasteiger partial charge on any atom is 0.261 e. The maximum absolute atomic E-state index is 13.0. The molecule has 0 aliphatic carbocycles. The number of para-hydroxylation sites is 1. The molecule has 2 aromatic carbocycles. The molecule has 2 rings (SSSR count). The molecule has 0 spiro atoms. The van der Waals surface area contributed by atoms with Gasteiger partial charge in [0.05, 0.1) is 0 Å². The molecule has 0 saturated carbocycles. The zero-order valence-electron chi connectivity index (χ0n) is 17.1. The minimum atomic E-state index is -0.540. The molecule has 1 atom stereocenters. The molecule has 0 aliphatic heterocycles. The van der Waals surface area contributed by atoms with Gasteiger partial charge in [0, 0.05) is 13.6 Å². The van der Waals surface area contributed by atoms with Gasteiger partial charge in [-0.1, -0.05) is 69.3 Å². The predicted molar refractivity (Wildman–Crippen MR) is 111 cm³/mol. The largest absolute Gasteiger partial charge is 0.483 e. The molecular formula is C23H30N2O3. The lowest BCUT2D eigenvalue weighted by Gasteiger charge is -2.30.